The summed E-state index contributed by atoms with van der Waals surface area (Å²) in [7, 11) is -1.63. The molecule has 0 saturated heterocycles. The molecule has 0 aliphatic carbocycles. The summed E-state index contributed by atoms with van der Waals surface area (Å²) in [4.78, 5) is 20.6. The highest BCUT2D eigenvalue weighted by Crippen LogP contribution is 2.28. The van der Waals surface area contributed by atoms with Crippen molar-refractivity contribution in [2.45, 2.75) is 17.9 Å². The second kappa shape index (κ2) is 9.00. The Morgan fingerprint density at radius 3 is 2.55 bits per heavy atom. The topological polar surface area (TPSA) is 82.6 Å². The molecule has 0 spiro atoms. The summed E-state index contributed by atoms with van der Waals surface area (Å²) < 4.78 is 26.7. The number of carbonyl (C=O) groups is 1. The van der Waals surface area contributed by atoms with Crippen LogP contribution in [0.25, 0.3) is 0 Å². The zero-order valence-electron chi connectivity index (χ0n) is 16.3. The van der Waals surface area contributed by atoms with E-state index in [-0.39, 0.29) is 23.9 Å². The molecule has 1 N–H and O–H groups in total. The van der Waals surface area contributed by atoms with Gasteiger partial charge in [-0.25, -0.2) is 13.4 Å². The molecule has 9 heteroatoms. The molecule has 7 nitrogen and oxygen atoms in total. The first-order valence-electron chi connectivity index (χ1n) is 9.15. The number of aromatic nitrogens is 1. The Morgan fingerprint density at radius 1 is 1.28 bits per heavy atom. The van der Waals surface area contributed by atoms with E-state index in [1.807, 2.05) is 0 Å². The van der Waals surface area contributed by atoms with Crippen LogP contribution in [-0.2, 0) is 23.0 Å². The van der Waals surface area contributed by atoms with E-state index in [1.165, 1.54) is 56.9 Å². The van der Waals surface area contributed by atoms with Gasteiger partial charge in [-0.2, -0.15) is 4.31 Å². The maximum atomic E-state index is 12.7. The zero-order valence-corrected chi connectivity index (χ0v) is 17.9. The number of anilines is 1. The van der Waals surface area contributed by atoms with Crippen molar-refractivity contribution in [3.05, 3.63) is 65.7 Å². The van der Waals surface area contributed by atoms with E-state index in [0.717, 1.165) is 25.2 Å². The number of nitrogens with one attached hydrogen (secondary N) is 1. The summed E-state index contributed by atoms with van der Waals surface area (Å²) in [5.74, 6) is -0.317. The molecule has 2 aromatic rings. The summed E-state index contributed by atoms with van der Waals surface area (Å²) in [6.45, 7) is 9.34. The van der Waals surface area contributed by atoms with Gasteiger partial charge in [-0.05, 0) is 31.3 Å². The van der Waals surface area contributed by atoms with Crippen molar-refractivity contribution >= 4 is 32.4 Å². The number of hydrogen-bond acceptors (Lipinski definition) is 6. The minimum Gasteiger partial charge on any atom is -0.301 e. The third-order valence-corrected chi connectivity index (χ3v) is 7.41. The largest absolute Gasteiger partial charge is 0.301 e. The number of carbonyl (C=O) groups excluding carboxylic acids is 1. The highest BCUT2D eigenvalue weighted by molar-refractivity contribution is 7.89. The van der Waals surface area contributed by atoms with Crippen molar-refractivity contribution in [1.82, 2.24) is 14.2 Å². The summed E-state index contributed by atoms with van der Waals surface area (Å²) in [5, 5.41) is 3.38. The lowest BCUT2D eigenvalue weighted by atomic mass is 10.2. The number of thiazole rings is 1. The lowest BCUT2D eigenvalue weighted by Gasteiger charge is -2.20. The Bertz CT molecular complexity index is 1000. The Morgan fingerprint density at radius 2 is 1.93 bits per heavy atom. The van der Waals surface area contributed by atoms with Crippen molar-refractivity contribution in [1.29, 1.82) is 0 Å². The lowest BCUT2D eigenvalue weighted by molar-refractivity contribution is 0.102. The minimum absolute atomic E-state index is 0.116. The number of fused-ring (bicyclic) bond motifs is 1. The summed E-state index contributed by atoms with van der Waals surface area (Å²) >= 11 is 1.48. The maximum absolute atomic E-state index is 12.7. The molecule has 154 valence electrons. The zero-order chi connectivity index (χ0) is 21.0. The molecule has 1 aliphatic heterocycles. The molecule has 0 unspecified atom stereocenters. The van der Waals surface area contributed by atoms with Crippen LogP contribution in [0.2, 0.25) is 0 Å². The van der Waals surface area contributed by atoms with E-state index >= 15 is 0 Å². The molecule has 3 rings (SSSR count). The lowest BCUT2D eigenvalue weighted by Crippen LogP contribution is -2.31. The quantitative estimate of drug-likeness (QED) is 0.649. The van der Waals surface area contributed by atoms with Crippen LogP contribution < -0.4 is 5.32 Å². The third kappa shape index (κ3) is 4.81. The van der Waals surface area contributed by atoms with E-state index in [0.29, 0.717) is 10.7 Å². The van der Waals surface area contributed by atoms with Gasteiger partial charge < -0.3 is 4.90 Å². The highest BCUT2D eigenvalue weighted by atomic mass is 32.2. The van der Waals surface area contributed by atoms with Gasteiger partial charge in [-0.15, -0.1) is 24.5 Å². The minimum atomic E-state index is -3.69. The highest BCUT2D eigenvalue weighted by Gasteiger charge is 2.23. The number of rotatable bonds is 8. The predicted octanol–water partition coefficient (Wildman–Crippen LogP) is 2.75. The van der Waals surface area contributed by atoms with Crippen LogP contribution >= 0.6 is 11.3 Å². The Labute approximate surface area is 175 Å². The molecule has 1 aromatic heterocycles. The van der Waals surface area contributed by atoms with Crippen molar-refractivity contribution < 1.29 is 13.2 Å². The molecule has 29 heavy (non-hydrogen) atoms. The molecule has 1 aliphatic rings. The van der Waals surface area contributed by atoms with Gasteiger partial charge in [0.05, 0.1) is 10.6 Å². The molecular weight excluding hydrogens is 408 g/mol. The first kappa shape index (κ1) is 21.4. The Kier molecular flexibility index (Phi) is 6.63. The van der Waals surface area contributed by atoms with Gasteiger partial charge in [0.2, 0.25) is 10.0 Å². The standard InChI is InChI=1S/C20H24N4O3S2/c1-4-11-24(12-5-2)29(26,27)16-8-6-15(7-9-16)19(25)22-20-21-17-10-13-23(3)14-18(17)28-20/h4-9H,1-2,10-14H2,3H3,(H,21,22,25). The van der Waals surface area contributed by atoms with Crippen LogP contribution in [-0.4, -0.2) is 55.2 Å². The number of amides is 1. The number of sulfonamides is 1. The summed E-state index contributed by atoms with van der Waals surface area (Å²) in [6.07, 6.45) is 3.92. The maximum Gasteiger partial charge on any atom is 0.257 e. The van der Waals surface area contributed by atoms with Gasteiger partial charge >= 0.3 is 0 Å². The fourth-order valence-electron chi connectivity index (χ4n) is 3.03. The van der Waals surface area contributed by atoms with Crippen LogP contribution in [0.1, 0.15) is 20.9 Å². The Hall–Kier alpha value is -2.33. The molecule has 0 saturated carbocycles. The average Bonchev–Trinajstić information content (AvgIpc) is 3.09. The van der Waals surface area contributed by atoms with Gasteiger partial charge in [0.25, 0.3) is 5.91 Å². The number of hydrogen-bond donors (Lipinski definition) is 1. The number of likely N-dealkylation sites (N-methyl/N-ethyl adjacent to an activating group) is 1. The fraction of sp³-hybridized carbons (Fsp3) is 0.300. The fourth-order valence-corrected chi connectivity index (χ4v) is 5.50. The molecular formula is C20H24N4O3S2. The summed E-state index contributed by atoms with van der Waals surface area (Å²) in [5.41, 5.74) is 1.41. The third-order valence-electron chi connectivity index (χ3n) is 4.56. The van der Waals surface area contributed by atoms with Gasteiger partial charge in [0.15, 0.2) is 5.13 Å². The first-order chi connectivity index (χ1) is 13.8. The molecule has 0 fully saturated rings. The monoisotopic (exact) mass is 432 g/mol. The second-order valence-electron chi connectivity index (χ2n) is 6.75. The average molecular weight is 433 g/mol. The van der Waals surface area contributed by atoms with Crippen LogP contribution in [0.3, 0.4) is 0 Å². The predicted molar refractivity (Wildman–Crippen MR) is 116 cm³/mol. The molecule has 1 aromatic carbocycles. The van der Waals surface area contributed by atoms with E-state index in [9.17, 15) is 13.2 Å². The van der Waals surface area contributed by atoms with E-state index < -0.39 is 10.0 Å². The Balaban J connectivity index is 1.73. The second-order valence-corrected chi connectivity index (χ2v) is 9.78. The number of nitrogens with zero attached hydrogens (tertiary/aromatic N) is 3. The van der Waals surface area contributed by atoms with E-state index in [4.69, 9.17) is 0 Å². The normalized spacial score (nSPS) is 14.4. The van der Waals surface area contributed by atoms with Crippen LogP contribution in [0.4, 0.5) is 5.13 Å². The van der Waals surface area contributed by atoms with Gasteiger partial charge in [-0.1, -0.05) is 12.2 Å². The SMILES string of the molecule is C=CCN(CC=C)S(=O)(=O)c1ccc(C(=O)Nc2nc3c(s2)CN(C)CC3)cc1. The number of benzene rings is 1. The smallest absolute Gasteiger partial charge is 0.257 e. The van der Waals surface area contributed by atoms with E-state index in [1.54, 1.807) is 0 Å². The van der Waals surface area contributed by atoms with Gasteiger partial charge in [-0.3, -0.25) is 10.1 Å². The molecule has 0 bridgehead atoms. The molecule has 2 heterocycles. The summed E-state index contributed by atoms with van der Waals surface area (Å²) in [6, 6.07) is 5.88. The molecule has 0 radical (unpaired) electrons. The van der Waals surface area contributed by atoms with E-state index in [2.05, 4.69) is 35.4 Å². The molecule has 0 atom stereocenters. The van der Waals surface area contributed by atoms with Crippen LogP contribution in [0.5, 0.6) is 0 Å². The first-order valence-corrected chi connectivity index (χ1v) is 11.4. The van der Waals surface area contributed by atoms with Crippen molar-refractivity contribution in [2.75, 3.05) is 32.0 Å². The van der Waals surface area contributed by atoms with Crippen LogP contribution in [0.15, 0.2) is 54.5 Å². The molecule has 1 amide bonds. The van der Waals surface area contributed by atoms with Crippen molar-refractivity contribution in [2.24, 2.45) is 0 Å². The van der Waals surface area contributed by atoms with Gasteiger partial charge in [0, 0.05) is 43.0 Å². The van der Waals surface area contributed by atoms with Crippen LogP contribution in [0, 0.1) is 0 Å². The van der Waals surface area contributed by atoms with Crippen molar-refractivity contribution in [3.63, 3.8) is 0 Å². The van der Waals surface area contributed by atoms with Crippen molar-refractivity contribution in [3.8, 4) is 0 Å². The van der Waals surface area contributed by atoms with Gasteiger partial charge in [0.1, 0.15) is 0 Å².